The van der Waals surface area contributed by atoms with Crippen molar-refractivity contribution in [3.8, 4) is 0 Å². The molecule has 0 saturated carbocycles. The SMILES string of the molecule is COCCCN(C)S(=O)(=O)c1cc(C(F)(F)F)cc(C(F)(F)F)c1. The van der Waals surface area contributed by atoms with Crippen LogP contribution in [0.3, 0.4) is 0 Å². The average Bonchev–Trinajstić information content (AvgIpc) is 2.45. The topological polar surface area (TPSA) is 46.6 Å². The zero-order valence-electron chi connectivity index (χ0n) is 12.7. The first-order valence-electron chi connectivity index (χ1n) is 6.55. The largest absolute Gasteiger partial charge is 0.416 e. The van der Waals surface area contributed by atoms with E-state index in [-0.39, 0.29) is 37.8 Å². The van der Waals surface area contributed by atoms with E-state index in [9.17, 15) is 34.8 Å². The maximum Gasteiger partial charge on any atom is 0.416 e. The molecule has 0 spiro atoms. The highest BCUT2D eigenvalue weighted by atomic mass is 32.2. The van der Waals surface area contributed by atoms with Gasteiger partial charge < -0.3 is 4.74 Å². The third kappa shape index (κ3) is 5.08. The van der Waals surface area contributed by atoms with Gasteiger partial charge in [0.25, 0.3) is 0 Å². The molecule has 0 aliphatic carbocycles. The van der Waals surface area contributed by atoms with Crippen molar-refractivity contribution in [2.24, 2.45) is 0 Å². The highest BCUT2D eigenvalue weighted by molar-refractivity contribution is 7.89. The van der Waals surface area contributed by atoms with E-state index in [0.29, 0.717) is 4.31 Å². The molecule has 0 atom stereocenters. The van der Waals surface area contributed by atoms with Crippen molar-refractivity contribution < 1.29 is 39.5 Å². The number of methoxy groups -OCH3 is 1. The van der Waals surface area contributed by atoms with Crippen LogP contribution < -0.4 is 0 Å². The molecule has 0 aromatic heterocycles. The maximum absolute atomic E-state index is 12.8. The molecule has 0 unspecified atom stereocenters. The molecule has 1 aromatic rings. The Kier molecular flexibility index (Phi) is 6.28. The van der Waals surface area contributed by atoms with Gasteiger partial charge in [0.05, 0.1) is 16.0 Å². The first kappa shape index (κ1) is 20.7. The van der Waals surface area contributed by atoms with Crippen molar-refractivity contribution in [3.63, 3.8) is 0 Å². The fourth-order valence-corrected chi connectivity index (χ4v) is 3.09. The minimum absolute atomic E-state index is 0.117. The second-order valence-corrected chi connectivity index (χ2v) is 6.96. The normalized spacial score (nSPS) is 13.5. The lowest BCUT2D eigenvalue weighted by Gasteiger charge is -2.19. The van der Waals surface area contributed by atoms with Crippen LogP contribution >= 0.6 is 0 Å². The van der Waals surface area contributed by atoms with Gasteiger partial charge in [-0.1, -0.05) is 0 Å². The standard InChI is InChI=1S/C13H15F6NO3S/c1-20(4-3-5-23-2)24(21,22)11-7-9(12(14,15)16)6-10(8-11)13(17,18)19/h6-8H,3-5H2,1-2H3. The molecule has 0 fully saturated rings. The number of rotatable bonds is 6. The van der Waals surface area contributed by atoms with Gasteiger partial charge in [-0.3, -0.25) is 0 Å². The van der Waals surface area contributed by atoms with Crippen LogP contribution in [0.25, 0.3) is 0 Å². The van der Waals surface area contributed by atoms with E-state index < -0.39 is 38.4 Å². The number of hydrogen-bond donors (Lipinski definition) is 0. The summed E-state index contributed by atoms with van der Waals surface area (Å²) in [5.74, 6) is 0. The van der Waals surface area contributed by atoms with E-state index in [1.165, 1.54) is 7.11 Å². The van der Waals surface area contributed by atoms with Crippen molar-refractivity contribution in [1.29, 1.82) is 0 Å². The first-order valence-corrected chi connectivity index (χ1v) is 7.99. The summed E-state index contributed by atoms with van der Waals surface area (Å²) in [5, 5.41) is 0. The lowest BCUT2D eigenvalue weighted by Crippen LogP contribution is -2.29. The molecule has 0 N–H and O–H groups in total. The van der Waals surface area contributed by atoms with E-state index in [4.69, 9.17) is 4.74 Å². The molecular formula is C13H15F6NO3S. The van der Waals surface area contributed by atoms with Crippen LogP contribution in [0.1, 0.15) is 17.5 Å². The summed E-state index contributed by atoms with van der Waals surface area (Å²) in [7, 11) is -2.07. The second kappa shape index (κ2) is 7.28. The van der Waals surface area contributed by atoms with Gasteiger partial charge in [0.15, 0.2) is 0 Å². The number of benzene rings is 1. The molecule has 4 nitrogen and oxygen atoms in total. The fourth-order valence-electron chi connectivity index (χ4n) is 1.81. The molecule has 1 aromatic carbocycles. The van der Waals surface area contributed by atoms with E-state index in [0.717, 1.165) is 7.05 Å². The first-order chi connectivity index (χ1) is 10.8. The monoisotopic (exact) mass is 379 g/mol. The summed E-state index contributed by atoms with van der Waals surface area (Å²) in [6, 6.07) is 0.263. The Morgan fingerprint density at radius 1 is 1.00 bits per heavy atom. The van der Waals surface area contributed by atoms with Crippen molar-refractivity contribution in [1.82, 2.24) is 4.31 Å². The second-order valence-electron chi connectivity index (χ2n) is 4.91. The molecule has 0 radical (unpaired) electrons. The van der Waals surface area contributed by atoms with Crippen LogP contribution in [0.5, 0.6) is 0 Å². The third-order valence-corrected chi connectivity index (χ3v) is 4.93. The molecule has 0 bridgehead atoms. The number of nitrogens with zero attached hydrogens (tertiary/aromatic N) is 1. The number of hydrogen-bond acceptors (Lipinski definition) is 3. The highest BCUT2D eigenvalue weighted by Crippen LogP contribution is 2.37. The molecule has 0 heterocycles. The number of alkyl halides is 6. The highest BCUT2D eigenvalue weighted by Gasteiger charge is 2.38. The van der Waals surface area contributed by atoms with Gasteiger partial charge in [0.2, 0.25) is 10.0 Å². The molecular weight excluding hydrogens is 364 g/mol. The van der Waals surface area contributed by atoms with Crippen LogP contribution in [-0.2, 0) is 27.1 Å². The summed E-state index contributed by atoms with van der Waals surface area (Å²) in [6.07, 6.45) is -9.99. The quantitative estimate of drug-likeness (QED) is 0.562. The predicted octanol–water partition coefficient (Wildman–Crippen LogP) is 3.38. The summed E-state index contributed by atoms with van der Waals surface area (Å²) in [6.45, 7) is 0.0734. The van der Waals surface area contributed by atoms with Crippen molar-refractivity contribution in [3.05, 3.63) is 29.3 Å². The van der Waals surface area contributed by atoms with E-state index in [1.807, 2.05) is 0 Å². The fraction of sp³-hybridized carbons (Fsp3) is 0.538. The minimum atomic E-state index is -5.11. The molecule has 11 heteroatoms. The van der Waals surface area contributed by atoms with Crippen molar-refractivity contribution in [2.45, 2.75) is 23.7 Å². The number of ether oxygens (including phenoxy) is 1. The van der Waals surface area contributed by atoms with E-state index in [2.05, 4.69) is 0 Å². The van der Waals surface area contributed by atoms with Gasteiger partial charge in [-0.05, 0) is 24.6 Å². The van der Waals surface area contributed by atoms with Gasteiger partial charge in [-0.2, -0.15) is 26.3 Å². The Hall–Kier alpha value is -1.33. The molecule has 0 amide bonds. The lowest BCUT2D eigenvalue weighted by molar-refractivity contribution is -0.143. The maximum atomic E-state index is 12.8. The van der Waals surface area contributed by atoms with Gasteiger partial charge in [0.1, 0.15) is 0 Å². The molecule has 24 heavy (non-hydrogen) atoms. The molecule has 1 rings (SSSR count). The molecule has 138 valence electrons. The van der Waals surface area contributed by atoms with E-state index >= 15 is 0 Å². The zero-order chi connectivity index (χ0) is 18.8. The van der Waals surface area contributed by atoms with E-state index in [1.54, 1.807) is 0 Å². The van der Waals surface area contributed by atoms with Crippen LogP contribution in [-0.4, -0.2) is 40.0 Å². The smallest absolute Gasteiger partial charge is 0.385 e. The summed E-state index contributed by atoms with van der Waals surface area (Å²) in [5.41, 5.74) is -3.36. The third-order valence-electron chi connectivity index (χ3n) is 3.09. The van der Waals surface area contributed by atoms with Crippen LogP contribution in [0.2, 0.25) is 0 Å². The Morgan fingerprint density at radius 2 is 1.46 bits per heavy atom. The Bertz CT molecular complexity index is 637. The molecule has 0 aliphatic rings. The van der Waals surface area contributed by atoms with Gasteiger partial charge in [0, 0.05) is 27.3 Å². The van der Waals surface area contributed by atoms with Crippen molar-refractivity contribution in [2.75, 3.05) is 27.3 Å². The van der Waals surface area contributed by atoms with Gasteiger partial charge in [-0.15, -0.1) is 0 Å². The molecule has 0 saturated heterocycles. The number of halogens is 6. The predicted molar refractivity (Wildman–Crippen MR) is 72.8 cm³/mol. The van der Waals surface area contributed by atoms with Crippen LogP contribution in [0.4, 0.5) is 26.3 Å². The average molecular weight is 379 g/mol. The van der Waals surface area contributed by atoms with Crippen molar-refractivity contribution >= 4 is 10.0 Å². The van der Waals surface area contributed by atoms with Crippen LogP contribution in [0, 0.1) is 0 Å². The Balaban J connectivity index is 3.36. The summed E-state index contributed by atoms with van der Waals surface area (Å²) in [4.78, 5) is -1.07. The Labute approximate surface area is 135 Å². The lowest BCUT2D eigenvalue weighted by atomic mass is 10.1. The summed E-state index contributed by atoms with van der Waals surface area (Å²) >= 11 is 0. The zero-order valence-corrected chi connectivity index (χ0v) is 13.5. The molecule has 0 aliphatic heterocycles. The minimum Gasteiger partial charge on any atom is -0.385 e. The number of sulfonamides is 1. The van der Waals surface area contributed by atoms with Gasteiger partial charge in [-0.25, -0.2) is 12.7 Å². The summed E-state index contributed by atoms with van der Waals surface area (Å²) < 4.78 is 107. The van der Waals surface area contributed by atoms with Gasteiger partial charge >= 0.3 is 12.4 Å². The van der Waals surface area contributed by atoms with Crippen LogP contribution in [0.15, 0.2) is 23.1 Å². The Morgan fingerprint density at radius 3 is 1.83 bits per heavy atom.